The molecule has 0 amide bonds. The number of hydrogen-bond donors (Lipinski definition) is 0. The predicted octanol–water partition coefficient (Wildman–Crippen LogP) is 8.17. The van der Waals surface area contributed by atoms with Crippen LogP contribution in [-0.4, -0.2) is 55.1 Å². The van der Waals surface area contributed by atoms with Gasteiger partial charge >= 0.3 is 19.8 Å². The standard InChI is InChI=1S/C41H38ClO11P/c42-26-36(43)49-37-35(29-46-27-30-16-6-1-7-17-30)48-41(53-54(45,51-33-22-12-4-13-23-33)52-34-24-14-5-15-25-34)39(50-40(44)32-20-10-3-11-21-32)38(37)47-28-31-18-8-2-9-19-31/h1-25,35,37-39,41H,26-29H2/t35-,37-,38+,39-,41-/m1/s1. The molecule has 0 radical (unpaired) electrons. The molecule has 54 heavy (non-hydrogen) atoms. The number of para-hydroxylation sites is 2. The van der Waals surface area contributed by atoms with Crippen molar-refractivity contribution in [3.05, 3.63) is 168 Å². The smallest absolute Gasteiger partial charge is 0.456 e. The number of rotatable bonds is 17. The molecule has 5 aromatic rings. The van der Waals surface area contributed by atoms with Crippen molar-refractivity contribution in [2.45, 2.75) is 43.9 Å². The molecule has 5 atom stereocenters. The summed E-state index contributed by atoms with van der Waals surface area (Å²) in [5.41, 5.74) is 1.84. The van der Waals surface area contributed by atoms with Crippen LogP contribution in [0.2, 0.25) is 0 Å². The first-order valence-electron chi connectivity index (χ1n) is 17.1. The Labute approximate surface area is 318 Å². The molecule has 280 valence electrons. The minimum atomic E-state index is -4.68. The Morgan fingerprint density at radius 3 is 1.65 bits per heavy atom. The molecular weight excluding hydrogens is 735 g/mol. The first kappa shape index (κ1) is 38.7. The van der Waals surface area contributed by atoms with Crippen molar-refractivity contribution in [2.75, 3.05) is 12.5 Å². The summed E-state index contributed by atoms with van der Waals surface area (Å²) in [6.07, 6.45) is -6.87. The summed E-state index contributed by atoms with van der Waals surface area (Å²) in [5, 5.41) is 0. The van der Waals surface area contributed by atoms with Gasteiger partial charge in [0.15, 0.2) is 12.2 Å². The third-order valence-corrected chi connectivity index (χ3v) is 9.61. The molecule has 1 aliphatic rings. The summed E-state index contributed by atoms with van der Waals surface area (Å²) in [7, 11) is -4.68. The van der Waals surface area contributed by atoms with E-state index in [0.717, 1.165) is 11.1 Å². The Balaban J connectivity index is 1.40. The van der Waals surface area contributed by atoms with Crippen molar-refractivity contribution in [3.63, 3.8) is 0 Å². The highest BCUT2D eigenvalue weighted by atomic mass is 35.5. The minimum Gasteiger partial charge on any atom is -0.456 e. The normalized spacial score (nSPS) is 19.7. The molecule has 5 aromatic carbocycles. The van der Waals surface area contributed by atoms with Gasteiger partial charge in [-0.2, -0.15) is 0 Å². The van der Waals surface area contributed by atoms with E-state index >= 15 is 0 Å². The van der Waals surface area contributed by atoms with Gasteiger partial charge in [0.1, 0.15) is 29.6 Å². The second kappa shape index (κ2) is 19.4. The van der Waals surface area contributed by atoms with Gasteiger partial charge in [0.2, 0.25) is 6.29 Å². The van der Waals surface area contributed by atoms with E-state index in [9.17, 15) is 14.2 Å². The summed E-state index contributed by atoms with van der Waals surface area (Å²) < 4.78 is 63.7. The van der Waals surface area contributed by atoms with Gasteiger partial charge in [-0.05, 0) is 47.5 Å². The number of alkyl halides is 1. The van der Waals surface area contributed by atoms with Crippen molar-refractivity contribution in [1.82, 2.24) is 0 Å². The number of benzene rings is 5. The fourth-order valence-electron chi connectivity index (χ4n) is 5.55. The Bertz CT molecular complexity index is 1890. The highest BCUT2D eigenvalue weighted by molar-refractivity contribution is 7.49. The Kier molecular flexibility index (Phi) is 13.9. The average molecular weight is 773 g/mol. The molecule has 1 fully saturated rings. The Morgan fingerprint density at radius 2 is 1.11 bits per heavy atom. The zero-order valence-electron chi connectivity index (χ0n) is 29.0. The van der Waals surface area contributed by atoms with Crippen LogP contribution in [0.3, 0.4) is 0 Å². The lowest BCUT2D eigenvalue weighted by atomic mass is 9.98. The summed E-state index contributed by atoms with van der Waals surface area (Å²) in [4.78, 5) is 26.6. The average Bonchev–Trinajstić information content (AvgIpc) is 3.20. The van der Waals surface area contributed by atoms with Crippen LogP contribution in [0.1, 0.15) is 21.5 Å². The Morgan fingerprint density at radius 1 is 0.611 bits per heavy atom. The van der Waals surface area contributed by atoms with E-state index in [0.29, 0.717) is 0 Å². The maximum atomic E-state index is 14.8. The fraction of sp³-hybridized carbons (Fsp3) is 0.220. The number of phosphoric ester groups is 1. The minimum absolute atomic E-state index is 0.0111. The summed E-state index contributed by atoms with van der Waals surface area (Å²) in [6.45, 7) is 0.00281. The number of hydrogen-bond acceptors (Lipinski definition) is 11. The van der Waals surface area contributed by atoms with Gasteiger partial charge in [-0.3, -0.25) is 4.79 Å². The second-order valence-electron chi connectivity index (χ2n) is 12.0. The highest BCUT2D eigenvalue weighted by Crippen LogP contribution is 2.52. The molecule has 0 aliphatic carbocycles. The number of halogens is 1. The summed E-state index contributed by atoms with van der Waals surface area (Å²) >= 11 is 5.93. The quantitative estimate of drug-likeness (QED) is 0.0516. The number of phosphoric acid groups is 1. The maximum absolute atomic E-state index is 14.8. The van der Waals surface area contributed by atoms with Gasteiger partial charge in [0, 0.05) is 0 Å². The van der Waals surface area contributed by atoms with E-state index < -0.39 is 56.3 Å². The molecule has 1 aliphatic heterocycles. The van der Waals surface area contributed by atoms with E-state index in [-0.39, 0.29) is 36.9 Å². The van der Waals surface area contributed by atoms with E-state index in [4.69, 9.17) is 48.9 Å². The van der Waals surface area contributed by atoms with Crippen molar-refractivity contribution < 1.29 is 51.4 Å². The van der Waals surface area contributed by atoms with E-state index in [2.05, 4.69) is 0 Å². The third-order valence-electron chi connectivity index (χ3n) is 8.05. The first-order valence-corrected chi connectivity index (χ1v) is 19.1. The lowest BCUT2D eigenvalue weighted by molar-refractivity contribution is -0.294. The molecule has 1 saturated heterocycles. The van der Waals surface area contributed by atoms with Crippen LogP contribution in [0.15, 0.2) is 152 Å². The van der Waals surface area contributed by atoms with Crippen LogP contribution in [0, 0.1) is 0 Å². The van der Waals surface area contributed by atoms with Gasteiger partial charge in [0.25, 0.3) is 0 Å². The largest absolute Gasteiger partial charge is 0.590 e. The molecule has 11 nitrogen and oxygen atoms in total. The zero-order valence-corrected chi connectivity index (χ0v) is 30.6. The van der Waals surface area contributed by atoms with Gasteiger partial charge < -0.3 is 32.7 Å². The maximum Gasteiger partial charge on any atom is 0.590 e. The molecule has 0 aromatic heterocycles. The molecule has 0 unspecified atom stereocenters. The molecule has 1 heterocycles. The molecule has 0 N–H and O–H groups in total. The van der Waals surface area contributed by atoms with Crippen LogP contribution < -0.4 is 9.05 Å². The van der Waals surface area contributed by atoms with Crippen LogP contribution in [0.4, 0.5) is 0 Å². The third kappa shape index (κ3) is 11.0. The van der Waals surface area contributed by atoms with E-state index in [1.165, 1.54) is 0 Å². The van der Waals surface area contributed by atoms with Crippen LogP contribution in [-0.2, 0) is 50.8 Å². The summed E-state index contributed by atoms with van der Waals surface area (Å²) in [6, 6.07) is 43.4. The van der Waals surface area contributed by atoms with Gasteiger partial charge in [0.05, 0.1) is 25.4 Å². The van der Waals surface area contributed by atoms with Crippen molar-refractivity contribution in [3.8, 4) is 11.5 Å². The van der Waals surface area contributed by atoms with Crippen LogP contribution >= 0.6 is 19.4 Å². The topological polar surface area (TPSA) is 125 Å². The zero-order chi connectivity index (χ0) is 37.6. The molecular formula is C41H38ClO11P. The number of carbonyl (C=O) groups excluding carboxylic acids is 2. The monoisotopic (exact) mass is 772 g/mol. The molecule has 0 bridgehead atoms. The van der Waals surface area contributed by atoms with Crippen molar-refractivity contribution >= 4 is 31.4 Å². The lowest BCUT2D eigenvalue weighted by Crippen LogP contribution is -2.62. The number of carbonyl (C=O) groups is 2. The number of esters is 2. The SMILES string of the molecule is O=C(CCl)O[C@H]1[C@H](OCc2ccccc2)[C@@H](OC(=O)c2ccccc2)[C@@H](OP(=O)(Oc2ccccc2)Oc2ccccc2)O[C@@H]1COCc1ccccc1. The lowest BCUT2D eigenvalue weighted by Gasteiger charge is -2.45. The van der Waals surface area contributed by atoms with Gasteiger partial charge in [-0.15, -0.1) is 11.6 Å². The van der Waals surface area contributed by atoms with Crippen molar-refractivity contribution in [1.29, 1.82) is 0 Å². The van der Waals surface area contributed by atoms with Crippen molar-refractivity contribution in [2.24, 2.45) is 0 Å². The highest BCUT2D eigenvalue weighted by Gasteiger charge is 2.54. The van der Waals surface area contributed by atoms with E-state index in [1.54, 1.807) is 91.0 Å². The van der Waals surface area contributed by atoms with Crippen LogP contribution in [0.25, 0.3) is 0 Å². The molecule has 13 heteroatoms. The molecule has 0 spiro atoms. The van der Waals surface area contributed by atoms with E-state index in [1.807, 2.05) is 60.7 Å². The predicted molar refractivity (Wildman–Crippen MR) is 199 cm³/mol. The van der Waals surface area contributed by atoms with Gasteiger partial charge in [-0.25, -0.2) is 13.9 Å². The van der Waals surface area contributed by atoms with Crippen LogP contribution in [0.5, 0.6) is 11.5 Å². The second-order valence-corrected chi connectivity index (χ2v) is 13.7. The Hall–Kier alpha value is -5.00. The fourth-order valence-corrected chi connectivity index (χ4v) is 6.92. The molecule has 0 saturated carbocycles. The summed E-state index contributed by atoms with van der Waals surface area (Å²) in [5.74, 6) is -1.73. The van der Waals surface area contributed by atoms with Gasteiger partial charge in [-0.1, -0.05) is 115 Å². The number of ether oxygens (including phenoxy) is 5. The molecule has 6 rings (SSSR count). The first-order chi connectivity index (χ1) is 26.4.